The van der Waals surface area contributed by atoms with Crippen LogP contribution in [0.1, 0.15) is 13.3 Å². The monoisotopic (exact) mass is 296 g/mol. The standard InChI is InChI=1S/C11H15F3N2O4/c1-2-20-10(19)16-4-3-7(8(17)6-16)5-15-9(18)11(12,13)14/h7H,2-6H2,1H3,(H,15,18). The first-order valence-electron chi connectivity index (χ1n) is 6.05. The number of likely N-dealkylation sites (tertiary alicyclic amines) is 1. The summed E-state index contributed by atoms with van der Waals surface area (Å²) >= 11 is 0. The molecule has 1 rings (SSSR count). The van der Waals surface area contributed by atoms with Gasteiger partial charge in [0.2, 0.25) is 0 Å². The van der Waals surface area contributed by atoms with Gasteiger partial charge in [0, 0.05) is 19.0 Å². The van der Waals surface area contributed by atoms with Crippen LogP contribution >= 0.6 is 0 Å². The third-order valence-electron chi connectivity index (χ3n) is 2.84. The fourth-order valence-corrected chi connectivity index (χ4v) is 1.77. The molecule has 114 valence electrons. The zero-order valence-electron chi connectivity index (χ0n) is 10.8. The van der Waals surface area contributed by atoms with E-state index >= 15 is 0 Å². The number of carbonyl (C=O) groups is 3. The van der Waals surface area contributed by atoms with Gasteiger partial charge in [-0.15, -0.1) is 0 Å². The molecule has 2 amide bonds. The van der Waals surface area contributed by atoms with Crippen LogP contribution in [0.15, 0.2) is 0 Å². The van der Waals surface area contributed by atoms with E-state index in [1.54, 1.807) is 12.2 Å². The molecule has 0 spiro atoms. The summed E-state index contributed by atoms with van der Waals surface area (Å²) in [5, 5.41) is 1.67. The second-order valence-corrected chi connectivity index (χ2v) is 4.28. The number of alkyl halides is 3. The molecule has 1 saturated heterocycles. The van der Waals surface area contributed by atoms with Crippen molar-refractivity contribution in [1.29, 1.82) is 0 Å². The Morgan fingerprint density at radius 3 is 2.60 bits per heavy atom. The summed E-state index contributed by atoms with van der Waals surface area (Å²) in [5.74, 6) is -3.18. The molecule has 0 aromatic carbocycles. The number of ketones is 1. The first-order chi connectivity index (χ1) is 9.25. The van der Waals surface area contributed by atoms with Gasteiger partial charge >= 0.3 is 18.2 Å². The van der Waals surface area contributed by atoms with Gasteiger partial charge in [-0.3, -0.25) is 9.59 Å². The van der Waals surface area contributed by atoms with E-state index in [4.69, 9.17) is 4.74 Å². The lowest BCUT2D eigenvalue weighted by atomic mass is 9.95. The van der Waals surface area contributed by atoms with E-state index in [1.165, 1.54) is 4.90 Å². The number of piperidine rings is 1. The molecule has 1 aliphatic heterocycles. The van der Waals surface area contributed by atoms with Crippen molar-refractivity contribution >= 4 is 17.8 Å². The second-order valence-electron chi connectivity index (χ2n) is 4.28. The maximum absolute atomic E-state index is 12.0. The van der Waals surface area contributed by atoms with Crippen molar-refractivity contribution in [3.63, 3.8) is 0 Å². The van der Waals surface area contributed by atoms with Crippen molar-refractivity contribution in [3.05, 3.63) is 0 Å². The maximum atomic E-state index is 12.0. The number of amides is 2. The van der Waals surface area contributed by atoms with Gasteiger partial charge in [0.05, 0.1) is 13.2 Å². The van der Waals surface area contributed by atoms with Gasteiger partial charge in [-0.2, -0.15) is 13.2 Å². The Labute approximate surface area is 113 Å². The fraction of sp³-hybridized carbons (Fsp3) is 0.727. The summed E-state index contributed by atoms with van der Waals surface area (Å²) in [4.78, 5) is 34.9. The first kappa shape index (κ1) is 16.3. The molecule has 1 aliphatic rings. The average Bonchev–Trinajstić information content (AvgIpc) is 2.36. The molecule has 1 N–H and O–H groups in total. The summed E-state index contributed by atoms with van der Waals surface area (Å²) in [5.41, 5.74) is 0. The zero-order valence-corrected chi connectivity index (χ0v) is 10.8. The van der Waals surface area contributed by atoms with Crippen molar-refractivity contribution in [1.82, 2.24) is 10.2 Å². The van der Waals surface area contributed by atoms with E-state index in [0.29, 0.717) is 0 Å². The predicted octanol–water partition coefficient (Wildman–Crippen LogP) is 0.712. The van der Waals surface area contributed by atoms with Gasteiger partial charge in [0.25, 0.3) is 0 Å². The van der Waals surface area contributed by atoms with Crippen LogP contribution in [0.25, 0.3) is 0 Å². The molecule has 0 aliphatic carbocycles. The van der Waals surface area contributed by atoms with Gasteiger partial charge < -0.3 is 15.0 Å². The van der Waals surface area contributed by atoms with Crippen molar-refractivity contribution < 1.29 is 32.3 Å². The van der Waals surface area contributed by atoms with Crippen LogP contribution < -0.4 is 5.32 Å². The number of hydrogen-bond acceptors (Lipinski definition) is 4. The molecule has 1 heterocycles. The molecular weight excluding hydrogens is 281 g/mol. The van der Waals surface area contributed by atoms with Gasteiger partial charge in [-0.1, -0.05) is 0 Å². The Bertz CT molecular complexity index is 398. The van der Waals surface area contributed by atoms with Crippen LogP contribution in [0.4, 0.5) is 18.0 Å². The lowest BCUT2D eigenvalue weighted by Crippen LogP contribution is -2.48. The van der Waals surface area contributed by atoms with E-state index in [2.05, 4.69) is 0 Å². The fourth-order valence-electron chi connectivity index (χ4n) is 1.77. The number of ether oxygens (including phenoxy) is 1. The molecule has 0 aromatic rings. The molecule has 1 unspecified atom stereocenters. The van der Waals surface area contributed by atoms with Gasteiger partial charge in [-0.25, -0.2) is 4.79 Å². The summed E-state index contributed by atoms with van der Waals surface area (Å²) in [6, 6.07) is 0. The maximum Gasteiger partial charge on any atom is 0.471 e. The lowest BCUT2D eigenvalue weighted by molar-refractivity contribution is -0.173. The minimum Gasteiger partial charge on any atom is -0.450 e. The molecule has 0 saturated carbocycles. The normalized spacial score (nSPS) is 19.7. The molecule has 0 bridgehead atoms. The quantitative estimate of drug-likeness (QED) is 0.832. The molecule has 20 heavy (non-hydrogen) atoms. The highest BCUT2D eigenvalue weighted by Gasteiger charge is 2.39. The molecule has 1 atom stereocenters. The van der Waals surface area contributed by atoms with E-state index in [9.17, 15) is 27.6 Å². The third kappa shape index (κ3) is 4.39. The Hall–Kier alpha value is -1.80. The van der Waals surface area contributed by atoms with Crippen LogP contribution in [0.2, 0.25) is 0 Å². The van der Waals surface area contributed by atoms with Crippen LogP contribution in [-0.2, 0) is 14.3 Å². The van der Waals surface area contributed by atoms with E-state index in [-0.39, 0.29) is 32.7 Å². The van der Waals surface area contributed by atoms with E-state index in [1.807, 2.05) is 0 Å². The first-order valence-corrected chi connectivity index (χ1v) is 6.05. The van der Waals surface area contributed by atoms with Crippen molar-refractivity contribution in [2.45, 2.75) is 19.5 Å². The number of halogens is 3. The number of hydrogen-bond donors (Lipinski definition) is 1. The number of nitrogens with zero attached hydrogens (tertiary/aromatic N) is 1. The molecular formula is C11H15F3N2O4. The van der Waals surface area contributed by atoms with Crippen molar-refractivity contribution in [2.75, 3.05) is 26.2 Å². The predicted molar refractivity (Wildman–Crippen MR) is 60.8 cm³/mol. The van der Waals surface area contributed by atoms with Gasteiger partial charge in [0.1, 0.15) is 0 Å². The van der Waals surface area contributed by atoms with Crippen LogP contribution in [0, 0.1) is 5.92 Å². The summed E-state index contributed by atoms with van der Waals surface area (Å²) in [6.07, 6.45) is -5.40. The van der Waals surface area contributed by atoms with E-state index in [0.717, 1.165) is 0 Å². The van der Waals surface area contributed by atoms with Gasteiger partial charge in [-0.05, 0) is 13.3 Å². The van der Waals surface area contributed by atoms with Crippen LogP contribution in [0.3, 0.4) is 0 Å². The number of carbonyl (C=O) groups excluding carboxylic acids is 3. The molecule has 0 aromatic heterocycles. The molecule has 9 heteroatoms. The third-order valence-corrected chi connectivity index (χ3v) is 2.84. The lowest BCUT2D eigenvalue weighted by Gasteiger charge is -2.30. The Morgan fingerprint density at radius 1 is 1.45 bits per heavy atom. The number of Topliss-reactive ketones (excluding diaryl/α,β-unsaturated/α-hetero) is 1. The molecule has 1 fully saturated rings. The summed E-state index contributed by atoms with van der Waals surface area (Å²) in [6.45, 7) is 1.41. The number of nitrogens with one attached hydrogen (secondary N) is 1. The van der Waals surface area contributed by atoms with Gasteiger partial charge in [0.15, 0.2) is 5.78 Å². The van der Waals surface area contributed by atoms with Crippen molar-refractivity contribution in [2.24, 2.45) is 5.92 Å². The zero-order chi connectivity index (χ0) is 15.3. The summed E-state index contributed by atoms with van der Waals surface area (Å²) < 4.78 is 40.7. The van der Waals surface area contributed by atoms with Crippen LogP contribution in [0.5, 0.6) is 0 Å². The highest BCUT2D eigenvalue weighted by atomic mass is 19.4. The second kappa shape index (κ2) is 6.58. The smallest absolute Gasteiger partial charge is 0.450 e. The molecule has 0 radical (unpaired) electrons. The van der Waals surface area contributed by atoms with E-state index < -0.39 is 29.9 Å². The Kier molecular flexibility index (Phi) is 5.34. The average molecular weight is 296 g/mol. The number of rotatable bonds is 3. The Morgan fingerprint density at radius 2 is 2.10 bits per heavy atom. The highest BCUT2D eigenvalue weighted by molar-refractivity contribution is 5.88. The Balaban J connectivity index is 2.44. The SMILES string of the molecule is CCOC(=O)N1CCC(CNC(=O)C(F)(F)F)C(=O)C1. The topological polar surface area (TPSA) is 75.7 Å². The highest BCUT2D eigenvalue weighted by Crippen LogP contribution is 2.17. The van der Waals surface area contributed by atoms with Crippen molar-refractivity contribution in [3.8, 4) is 0 Å². The minimum atomic E-state index is -4.96. The molecule has 6 nitrogen and oxygen atoms in total. The largest absolute Gasteiger partial charge is 0.471 e. The minimum absolute atomic E-state index is 0.175. The summed E-state index contributed by atoms with van der Waals surface area (Å²) in [7, 11) is 0. The van der Waals surface area contributed by atoms with Crippen LogP contribution in [-0.4, -0.2) is 55.1 Å².